The highest BCUT2D eigenvalue weighted by Gasteiger charge is 2.21. The number of amides is 1. The number of ether oxygens (including phenoxy) is 1. The highest BCUT2D eigenvalue weighted by atomic mass is 16.5. The molecule has 1 aromatic carbocycles. The van der Waals surface area contributed by atoms with Gasteiger partial charge < -0.3 is 25.1 Å². The summed E-state index contributed by atoms with van der Waals surface area (Å²) in [6.07, 6.45) is 2.94. The molecule has 0 aliphatic rings. The van der Waals surface area contributed by atoms with Crippen LogP contribution in [0.2, 0.25) is 0 Å². The van der Waals surface area contributed by atoms with Crippen molar-refractivity contribution in [2.45, 2.75) is 6.04 Å². The second-order valence-corrected chi connectivity index (χ2v) is 5.22. The van der Waals surface area contributed by atoms with E-state index in [0.717, 1.165) is 5.39 Å². The minimum atomic E-state index is -0.992. The number of aromatic nitrogens is 3. The average molecular weight is 328 g/mol. The molecule has 0 bridgehead atoms. The van der Waals surface area contributed by atoms with Crippen LogP contribution in [0.5, 0.6) is 5.75 Å². The zero-order valence-corrected chi connectivity index (χ0v) is 12.9. The molecule has 8 heteroatoms. The Morgan fingerprint density at radius 2 is 2.25 bits per heavy atom. The highest BCUT2D eigenvalue weighted by Crippen LogP contribution is 2.23. The predicted octanol–water partition coefficient (Wildman–Crippen LogP) is 0.419. The number of imidazole rings is 1. The van der Waals surface area contributed by atoms with Crippen LogP contribution in [0.25, 0.3) is 22.3 Å². The van der Waals surface area contributed by atoms with E-state index in [9.17, 15) is 14.7 Å². The van der Waals surface area contributed by atoms with Crippen molar-refractivity contribution in [1.29, 1.82) is 0 Å². The van der Waals surface area contributed by atoms with Crippen molar-refractivity contribution in [2.24, 2.45) is 5.73 Å². The number of primary amides is 1. The molecule has 0 radical (unpaired) electrons. The molecule has 8 nitrogen and oxygen atoms in total. The molecule has 2 heterocycles. The van der Waals surface area contributed by atoms with Gasteiger partial charge in [0.15, 0.2) is 0 Å². The number of aliphatic hydroxyl groups is 1. The van der Waals surface area contributed by atoms with Crippen molar-refractivity contribution in [3.05, 3.63) is 47.0 Å². The Morgan fingerprint density at radius 1 is 1.46 bits per heavy atom. The average Bonchev–Trinajstić information content (AvgIpc) is 3.03. The third-order valence-electron chi connectivity index (χ3n) is 3.80. The molecule has 0 aliphatic heterocycles. The fraction of sp³-hybridized carbons (Fsp3) is 0.188. The largest absolute Gasteiger partial charge is 0.497 e. The van der Waals surface area contributed by atoms with Gasteiger partial charge in [0.1, 0.15) is 17.6 Å². The molecule has 3 aromatic rings. The molecule has 1 amide bonds. The number of methoxy groups -OCH3 is 1. The molecule has 0 saturated carbocycles. The van der Waals surface area contributed by atoms with E-state index < -0.39 is 18.6 Å². The summed E-state index contributed by atoms with van der Waals surface area (Å²) in [7, 11) is 1.54. The van der Waals surface area contributed by atoms with Gasteiger partial charge in [-0.1, -0.05) is 0 Å². The van der Waals surface area contributed by atoms with E-state index in [1.54, 1.807) is 31.4 Å². The lowest BCUT2D eigenvalue weighted by atomic mass is 10.1. The van der Waals surface area contributed by atoms with Crippen LogP contribution in [0.3, 0.4) is 0 Å². The monoisotopic (exact) mass is 328 g/mol. The number of carbonyl (C=O) groups excluding carboxylic acids is 1. The summed E-state index contributed by atoms with van der Waals surface area (Å²) in [5, 5.41) is 10.2. The van der Waals surface area contributed by atoms with Crippen molar-refractivity contribution < 1.29 is 14.6 Å². The van der Waals surface area contributed by atoms with Crippen LogP contribution in [-0.2, 0) is 4.79 Å². The Balaban J connectivity index is 2.17. The Morgan fingerprint density at radius 3 is 2.92 bits per heavy atom. The van der Waals surface area contributed by atoms with E-state index in [1.807, 2.05) is 0 Å². The van der Waals surface area contributed by atoms with Gasteiger partial charge in [0.05, 0.1) is 24.8 Å². The van der Waals surface area contributed by atoms with Crippen LogP contribution in [0.4, 0.5) is 0 Å². The van der Waals surface area contributed by atoms with Gasteiger partial charge in [-0.2, -0.15) is 0 Å². The van der Waals surface area contributed by atoms with Gasteiger partial charge >= 0.3 is 0 Å². The first kappa shape index (κ1) is 15.8. The first-order valence-corrected chi connectivity index (χ1v) is 7.19. The van der Waals surface area contributed by atoms with E-state index in [1.165, 1.54) is 17.0 Å². The lowest BCUT2D eigenvalue weighted by Gasteiger charge is -2.15. The van der Waals surface area contributed by atoms with Crippen LogP contribution < -0.4 is 16.0 Å². The van der Waals surface area contributed by atoms with Crippen LogP contribution >= 0.6 is 0 Å². The van der Waals surface area contributed by atoms with Gasteiger partial charge in [0.25, 0.3) is 5.56 Å². The van der Waals surface area contributed by atoms with Crippen LogP contribution in [0.1, 0.15) is 6.04 Å². The van der Waals surface area contributed by atoms with Crippen molar-refractivity contribution in [2.75, 3.05) is 13.7 Å². The SMILES string of the molecule is COc1ccc2cc(-c3nccn3[C@@H](CO)C(N)=O)c(=O)[nH]c2c1. The van der Waals surface area contributed by atoms with E-state index >= 15 is 0 Å². The second-order valence-electron chi connectivity index (χ2n) is 5.22. The molecule has 1 atom stereocenters. The van der Waals surface area contributed by atoms with Gasteiger partial charge in [-0.15, -0.1) is 0 Å². The van der Waals surface area contributed by atoms with Crippen molar-refractivity contribution in [3.8, 4) is 17.1 Å². The highest BCUT2D eigenvalue weighted by molar-refractivity contribution is 5.84. The Kier molecular flexibility index (Phi) is 4.05. The number of nitrogens with zero attached hydrogens (tertiary/aromatic N) is 2. The molecule has 124 valence electrons. The topological polar surface area (TPSA) is 123 Å². The summed E-state index contributed by atoms with van der Waals surface area (Å²) in [5.41, 5.74) is 5.82. The van der Waals surface area contributed by atoms with Gasteiger partial charge in [-0.05, 0) is 23.6 Å². The Bertz CT molecular complexity index is 960. The van der Waals surface area contributed by atoms with Gasteiger partial charge in [0.2, 0.25) is 5.91 Å². The first-order valence-electron chi connectivity index (χ1n) is 7.19. The summed E-state index contributed by atoms with van der Waals surface area (Å²) < 4.78 is 6.53. The number of aliphatic hydroxyl groups excluding tert-OH is 1. The predicted molar refractivity (Wildman–Crippen MR) is 87.7 cm³/mol. The minimum absolute atomic E-state index is 0.256. The first-order chi connectivity index (χ1) is 11.5. The molecule has 0 saturated heterocycles. The Hall–Kier alpha value is -3.13. The molecule has 0 unspecified atom stereocenters. The second kappa shape index (κ2) is 6.17. The van der Waals surface area contributed by atoms with E-state index in [2.05, 4.69) is 9.97 Å². The third kappa shape index (κ3) is 2.63. The quantitative estimate of drug-likeness (QED) is 0.626. The van der Waals surface area contributed by atoms with Crippen LogP contribution in [-0.4, -0.2) is 39.3 Å². The fourth-order valence-corrected chi connectivity index (χ4v) is 2.56. The molecule has 0 aliphatic carbocycles. The summed E-state index contributed by atoms with van der Waals surface area (Å²) in [5.74, 6) is 0.173. The number of H-pyrrole nitrogens is 1. The molecular formula is C16H16N4O4. The molecular weight excluding hydrogens is 312 g/mol. The summed E-state index contributed by atoms with van der Waals surface area (Å²) in [4.78, 5) is 30.8. The Labute approximate surface area is 136 Å². The summed E-state index contributed by atoms with van der Waals surface area (Å²) in [6.45, 7) is -0.485. The molecule has 0 fully saturated rings. The number of hydrogen-bond donors (Lipinski definition) is 3. The van der Waals surface area contributed by atoms with E-state index in [4.69, 9.17) is 10.5 Å². The van der Waals surface area contributed by atoms with Crippen LogP contribution in [0, 0.1) is 0 Å². The maximum Gasteiger partial charge on any atom is 0.259 e. The lowest BCUT2D eigenvalue weighted by molar-refractivity contribution is -0.122. The number of rotatable bonds is 5. The standard InChI is InChI=1S/C16H16N4O4/c1-24-10-3-2-9-6-11(16(23)19-12(9)7-10)15-18-4-5-20(15)13(8-21)14(17)22/h2-7,13,21H,8H2,1H3,(H2,17,22)(H,19,23)/t13-/m0/s1. The summed E-state index contributed by atoms with van der Waals surface area (Å²) >= 11 is 0. The van der Waals surface area contributed by atoms with E-state index in [-0.39, 0.29) is 16.9 Å². The molecule has 0 spiro atoms. The fourth-order valence-electron chi connectivity index (χ4n) is 2.56. The maximum atomic E-state index is 12.4. The number of pyridine rings is 1. The number of nitrogens with one attached hydrogen (secondary N) is 1. The molecule has 24 heavy (non-hydrogen) atoms. The molecule has 3 rings (SSSR count). The normalized spacial score (nSPS) is 12.2. The van der Waals surface area contributed by atoms with Crippen molar-refractivity contribution in [3.63, 3.8) is 0 Å². The number of benzene rings is 1. The number of hydrogen-bond acceptors (Lipinski definition) is 5. The molecule has 2 aromatic heterocycles. The number of nitrogens with two attached hydrogens (primary N) is 1. The maximum absolute atomic E-state index is 12.4. The number of aromatic amines is 1. The third-order valence-corrected chi connectivity index (χ3v) is 3.80. The summed E-state index contributed by atoms with van der Waals surface area (Å²) in [6, 6.07) is 5.97. The van der Waals surface area contributed by atoms with Gasteiger partial charge in [-0.25, -0.2) is 4.98 Å². The van der Waals surface area contributed by atoms with Gasteiger partial charge in [-0.3, -0.25) is 9.59 Å². The van der Waals surface area contributed by atoms with Crippen molar-refractivity contribution >= 4 is 16.8 Å². The van der Waals surface area contributed by atoms with E-state index in [0.29, 0.717) is 11.3 Å². The zero-order valence-electron chi connectivity index (χ0n) is 12.9. The lowest BCUT2D eigenvalue weighted by Crippen LogP contribution is -2.30. The zero-order chi connectivity index (χ0) is 17.3. The molecule has 4 N–H and O–H groups in total. The minimum Gasteiger partial charge on any atom is -0.497 e. The number of fused-ring (bicyclic) bond motifs is 1. The van der Waals surface area contributed by atoms with Crippen molar-refractivity contribution in [1.82, 2.24) is 14.5 Å². The number of carbonyl (C=O) groups is 1. The smallest absolute Gasteiger partial charge is 0.259 e. The van der Waals surface area contributed by atoms with Crippen LogP contribution in [0.15, 0.2) is 41.5 Å². The van der Waals surface area contributed by atoms with Gasteiger partial charge in [0, 0.05) is 18.5 Å².